The van der Waals surface area contributed by atoms with E-state index in [2.05, 4.69) is 10.3 Å². The Kier molecular flexibility index (Phi) is 4.45. The zero-order valence-corrected chi connectivity index (χ0v) is 8.84. The second-order valence-electron chi connectivity index (χ2n) is 2.71. The van der Waals surface area contributed by atoms with Crippen molar-refractivity contribution in [2.24, 2.45) is 0 Å². The monoisotopic (exact) mass is 232 g/mol. The van der Waals surface area contributed by atoms with Crippen LogP contribution in [0.3, 0.4) is 0 Å². The summed E-state index contributed by atoms with van der Waals surface area (Å²) in [5.74, 6) is -1.34. The zero-order chi connectivity index (χ0) is 11.3. The van der Waals surface area contributed by atoms with Crippen LogP contribution in [0.1, 0.15) is 10.4 Å². The molecule has 0 unspecified atom stereocenters. The third kappa shape index (κ3) is 3.14. The Bertz CT molecular complexity index is 360. The molecule has 0 spiro atoms. The molecule has 0 fully saturated rings. The van der Waals surface area contributed by atoms with Gasteiger partial charge in [-0.15, -0.1) is 0 Å². The lowest BCUT2D eigenvalue weighted by Crippen LogP contribution is -2.27. The van der Waals surface area contributed by atoms with Gasteiger partial charge >= 0.3 is 0 Å². The fourth-order valence-corrected chi connectivity index (χ4v) is 1.11. The number of amides is 1. The molecule has 1 aromatic rings. The SMILES string of the molecule is COCCNC(=O)c1ccnc(Cl)c1F. The van der Waals surface area contributed by atoms with Crippen molar-refractivity contribution in [3.63, 3.8) is 0 Å². The topological polar surface area (TPSA) is 51.2 Å². The van der Waals surface area contributed by atoms with Crippen LogP contribution in [0, 0.1) is 5.82 Å². The van der Waals surface area contributed by atoms with Crippen molar-refractivity contribution < 1.29 is 13.9 Å². The normalized spacial score (nSPS) is 10.1. The number of rotatable bonds is 4. The maximum Gasteiger partial charge on any atom is 0.254 e. The van der Waals surface area contributed by atoms with Crippen LogP contribution in [0.4, 0.5) is 4.39 Å². The van der Waals surface area contributed by atoms with Crippen LogP contribution >= 0.6 is 11.6 Å². The summed E-state index contributed by atoms with van der Waals surface area (Å²) in [5, 5.41) is 2.17. The summed E-state index contributed by atoms with van der Waals surface area (Å²) in [7, 11) is 1.51. The van der Waals surface area contributed by atoms with Crippen LogP contribution in [-0.2, 0) is 4.74 Å². The maximum absolute atomic E-state index is 13.3. The highest BCUT2D eigenvalue weighted by Crippen LogP contribution is 2.14. The minimum absolute atomic E-state index is 0.119. The van der Waals surface area contributed by atoms with Crippen LogP contribution in [0.2, 0.25) is 5.15 Å². The molecule has 4 nitrogen and oxygen atoms in total. The Morgan fingerprint density at radius 2 is 2.47 bits per heavy atom. The van der Waals surface area contributed by atoms with Gasteiger partial charge in [0.2, 0.25) is 0 Å². The second-order valence-corrected chi connectivity index (χ2v) is 3.07. The Balaban J connectivity index is 2.69. The van der Waals surface area contributed by atoms with Gasteiger partial charge in [-0.1, -0.05) is 11.6 Å². The number of hydrogen-bond donors (Lipinski definition) is 1. The van der Waals surface area contributed by atoms with E-state index in [4.69, 9.17) is 16.3 Å². The molecular weight excluding hydrogens is 223 g/mol. The molecule has 0 saturated carbocycles. The number of halogens is 2. The molecular formula is C9H10ClFN2O2. The first-order valence-corrected chi connectivity index (χ1v) is 4.61. The number of ether oxygens (including phenoxy) is 1. The first kappa shape index (κ1) is 11.9. The van der Waals surface area contributed by atoms with Crippen LogP contribution < -0.4 is 5.32 Å². The number of carbonyl (C=O) groups is 1. The second kappa shape index (κ2) is 5.63. The van der Waals surface area contributed by atoms with Crippen molar-refractivity contribution in [3.8, 4) is 0 Å². The molecule has 0 aliphatic carbocycles. The fraction of sp³-hybridized carbons (Fsp3) is 0.333. The van der Waals surface area contributed by atoms with E-state index in [0.717, 1.165) is 0 Å². The summed E-state index contributed by atoms with van der Waals surface area (Å²) in [6, 6.07) is 1.27. The quantitative estimate of drug-likeness (QED) is 0.628. The number of methoxy groups -OCH3 is 1. The van der Waals surface area contributed by atoms with Gasteiger partial charge in [0, 0.05) is 19.9 Å². The molecule has 1 rings (SSSR count). The summed E-state index contributed by atoms with van der Waals surface area (Å²) < 4.78 is 18.0. The molecule has 0 saturated heterocycles. The van der Waals surface area contributed by atoms with E-state index >= 15 is 0 Å². The molecule has 1 amide bonds. The standard InChI is InChI=1S/C9H10ClFN2O2/c1-15-5-4-13-9(14)6-2-3-12-8(10)7(6)11/h2-3H,4-5H2,1H3,(H,13,14). The number of aromatic nitrogens is 1. The molecule has 0 aromatic carbocycles. The van der Waals surface area contributed by atoms with Crippen LogP contribution in [-0.4, -0.2) is 31.2 Å². The van der Waals surface area contributed by atoms with Crippen molar-refractivity contribution in [2.75, 3.05) is 20.3 Å². The summed E-state index contributed by atoms with van der Waals surface area (Å²) in [4.78, 5) is 14.9. The highest BCUT2D eigenvalue weighted by Gasteiger charge is 2.14. The minimum atomic E-state index is -0.811. The average molecular weight is 233 g/mol. The molecule has 0 aliphatic heterocycles. The number of nitrogens with one attached hydrogen (secondary N) is 1. The Labute approximate surface area is 91.4 Å². The van der Waals surface area contributed by atoms with E-state index in [0.29, 0.717) is 13.2 Å². The summed E-state index contributed by atoms with van der Waals surface area (Å²) in [5.41, 5.74) is -0.119. The average Bonchev–Trinajstić information content (AvgIpc) is 2.22. The lowest BCUT2D eigenvalue weighted by atomic mass is 10.2. The summed E-state index contributed by atoms with van der Waals surface area (Å²) in [6.07, 6.45) is 1.27. The highest BCUT2D eigenvalue weighted by molar-refractivity contribution is 6.29. The van der Waals surface area contributed by atoms with Gasteiger partial charge in [-0.3, -0.25) is 4.79 Å². The summed E-state index contributed by atoms with van der Waals surface area (Å²) in [6.45, 7) is 0.681. The molecule has 0 bridgehead atoms. The Morgan fingerprint density at radius 1 is 1.73 bits per heavy atom. The van der Waals surface area contributed by atoms with Gasteiger partial charge in [0.1, 0.15) is 0 Å². The Hall–Kier alpha value is -1.20. The van der Waals surface area contributed by atoms with Crippen molar-refractivity contribution in [1.29, 1.82) is 0 Å². The Morgan fingerprint density at radius 3 is 3.13 bits per heavy atom. The van der Waals surface area contributed by atoms with E-state index in [1.807, 2.05) is 0 Å². The van der Waals surface area contributed by atoms with Crippen molar-refractivity contribution in [1.82, 2.24) is 10.3 Å². The fourth-order valence-electron chi connectivity index (χ4n) is 0.955. The highest BCUT2D eigenvalue weighted by atomic mass is 35.5. The third-order valence-corrected chi connectivity index (χ3v) is 1.95. The molecule has 15 heavy (non-hydrogen) atoms. The summed E-state index contributed by atoms with van der Waals surface area (Å²) >= 11 is 5.43. The number of nitrogens with zero attached hydrogens (tertiary/aromatic N) is 1. The molecule has 1 aromatic heterocycles. The minimum Gasteiger partial charge on any atom is -0.383 e. The molecule has 1 heterocycles. The van der Waals surface area contributed by atoms with Gasteiger partial charge in [-0.2, -0.15) is 0 Å². The van der Waals surface area contributed by atoms with Crippen LogP contribution in [0.5, 0.6) is 0 Å². The van der Waals surface area contributed by atoms with Crippen LogP contribution in [0.15, 0.2) is 12.3 Å². The molecule has 82 valence electrons. The zero-order valence-electron chi connectivity index (χ0n) is 8.09. The predicted molar refractivity (Wildman–Crippen MR) is 53.4 cm³/mol. The van der Waals surface area contributed by atoms with Gasteiger partial charge in [-0.05, 0) is 6.07 Å². The first-order chi connectivity index (χ1) is 7.16. The lowest BCUT2D eigenvalue weighted by Gasteiger charge is -2.05. The van der Waals surface area contributed by atoms with Gasteiger partial charge in [0.15, 0.2) is 11.0 Å². The van der Waals surface area contributed by atoms with E-state index in [-0.39, 0.29) is 10.7 Å². The van der Waals surface area contributed by atoms with E-state index in [1.54, 1.807) is 0 Å². The largest absolute Gasteiger partial charge is 0.383 e. The maximum atomic E-state index is 13.3. The molecule has 0 aliphatic rings. The molecule has 0 radical (unpaired) electrons. The van der Waals surface area contributed by atoms with Crippen molar-refractivity contribution in [3.05, 3.63) is 28.8 Å². The van der Waals surface area contributed by atoms with Crippen molar-refractivity contribution in [2.45, 2.75) is 0 Å². The number of hydrogen-bond acceptors (Lipinski definition) is 3. The van der Waals surface area contributed by atoms with E-state index in [9.17, 15) is 9.18 Å². The lowest BCUT2D eigenvalue weighted by molar-refractivity contribution is 0.0933. The first-order valence-electron chi connectivity index (χ1n) is 4.24. The van der Waals surface area contributed by atoms with Crippen LogP contribution in [0.25, 0.3) is 0 Å². The smallest absolute Gasteiger partial charge is 0.254 e. The van der Waals surface area contributed by atoms with Gasteiger partial charge in [0.25, 0.3) is 5.91 Å². The third-order valence-electron chi connectivity index (χ3n) is 1.68. The predicted octanol–water partition coefficient (Wildman–Crippen LogP) is 1.25. The van der Waals surface area contributed by atoms with Crippen molar-refractivity contribution >= 4 is 17.5 Å². The van der Waals surface area contributed by atoms with Gasteiger partial charge in [0.05, 0.1) is 12.2 Å². The number of pyridine rings is 1. The number of carbonyl (C=O) groups excluding carboxylic acids is 1. The molecule has 1 N–H and O–H groups in total. The van der Waals surface area contributed by atoms with Gasteiger partial charge in [-0.25, -0.2) is 9.37 Å². The van der Waals surface area contributed by atoms with E-state index < -0.39 is 11.7 Å². The molecule has 6 heteroatoms. The van der Waals surface area contributed by atoms with Gasteiger partial charge < -0.3 is 10.1 Å². The van der Waals surface area contributed by atoms with E-state index in [1.165, 1.54) is 19.4 Å². The molecule has 0 atom stereocenters.